The second kappa shape index (κ2) is 8.58. The van der Waals surface area contributed by atoms with Crippen LogP contribution < -0.4 is 5.32 Å². The van der Waals surface area contributed by atoms with Crippen LogP contribution in [0.3, 0.4) is 0 Å². The number of benzene rings is 2. The summed E-state index contributed by atoms with van der Waals surface area (Å²) < 4.78 is 1.70. The molecule has 3 heterocycles. The minimum Gasteiger partial charge on any atom is -0.355 e. The van der Waals surface area contributed by atoms with Gasteiger partial charge in [-0.2, -0.15) is 5.10 Å². The first kappa shape index (κ1) is 21.0. The van der Waals surface area contributed by atoms with Crippen molar-refractivity contribution < 1.29 is 9.59 Å². The number of aryl methyl sites for hydroxylation is 2. The van der Waals surface area contributed by atoms with Gasteiger partial charge in [0.1, 0.15) is 0 Å². The van der Waals surface area contributed by atoms with Crippen LogP contribution in [0.5, 0.6) is 0 Å². The molecule has 2 N–H and O–H groups in total. The fourth-order valence-corrected chi connectivity index (χ4v) is 4.44. The third-order valence-corrected chi connectivity index (χ3v) is 6.38. The molecule has 1 aliphatic rings. The number of aromatic nitrogens is 3. The number of fused-ring (bicyclic) bond motifs is 1. The van der Waals surface area contributed by atoms with E-state index in [4.69, 9.17) is 0 Å². The quantitative estimate of drug-likeness (QED) is 0.493. The zero-order valence-corrected chi connectivity index (χ0v) is 18.8. The molecule has 0 bridgehead atoms. The van der Waals surface area contributed by atoms with Gasteiger partial charge in [0.25, 0.3) is 5.91 Å². The molecule has 1 fully saturated rings. The van der Waals surface area contributed by atoms with Crippen LogP contribution in [0.2, 0.25) is 0 Å². The fraction of sp³-hybridized carbons (Fsp3) is 0.269. The maximum absolute atomic E-state index is 13.0. The van der Waals surface area contributed by atoms with E-state index in [0.29, 0.717) is 18.8 Å². The van der Waals surface area contributed by atoms with E-state index in [0.717, 1.165) is 46.4 Å². The Bertz CT molecular complexity index is 1280. The first-order valence-corrected chi connectivity index (χ1v) is 11.3. The summed E-state index contributed by atoms with van der Waals surface area (Å²) in [6.07, 6.45) is 1.56. The highest BCUT2D eigenvalue weighted by Crippen LogP contribution is 2.27. The molecule has 2 amide bonds. The lowest BCUT2D eigenvalue weighted by Gasteiger charge is -2.31. The first-order chi connectivity index (χ1) is 16.0. The molecule has 4 aromatic rings. The summed E-state index contributed by atoms with van der Waals surface area (Å²) in [7, 11) is 1.82. The molecule has 1 saturated heterocycles. The van der Waals surface area contributed by atoms with E-state index in [2.05, 4.69) is 27.5 Å². The lowest BCUT2D eigenvalue weighted by atomic mass is 9.96. The summed E-state index contributed by atoms with van der Waals surface area (Å²) in [6, 6.07) is 19.9. The largest absolute Gasteiger partial charge is 0.355 e. The van der Waals surface area contributed by atoms with Gasteiger partial charge in [0.2, 0.25) is 5.91 Å². The Morgan fingerprint density at radius 3 is 2.73 bits per heavy atom. The molecule has 0 aliphatic carbocycles. The molecule has 168 valence electrons. The van der Waals surface area contributed by atoms with Gasteiger partial charge in [-0.25, -0.2) is 0 Å². The Kier molecular flexibility index (Phi) is 5.46. The summed E-state index contributed by atoms with van der Waals surface area (Å²) in [5.74, 6) is -0.417. The van der Waals surface area contributed by atoms with Crippen LogP contribution in [-0.4, -0.2) is 44.6 Å². The van der Waals surface area contributed by atoms with Crippen molar-refractivity contribution in [3.05, 3.63) is 72.1 Å². The van der Waals surface area contributed by atoms with E-state index in [-0.39, 0.29) is 17.7 Å². The topological polar surface area (TPSA) is 83.0 Å². The van der Waals surface area contributed by atoms with Crippen molar-refractivity contribution >= 4 is 28.4 Å². The maximum Gasteiger partial charge on any atom is 0.274 e. The van der Waals surface area contributed by atoms with Crippen LogP contribution in [0.25, 0.3) is 22.2 Å². The number of aromatic amines is 1. The molecule has 2 aromatic carbocycles. The van der Waals surface area contributed by atoms with Gasteiger partial charge in [-0.05, 0) is 50.1 Å². The number of carbonyl (C=O) groups is 2. The molecular weight excluding hydrogens is 414 g/mol. The second-order valence-corrected chi connectivity index (χ2v) is 8.73. The number of amides is 2. The molecule has 0 saturated carbocycles. The molecular formula is C26H27N5O2. The van der Waals surface area contributed by atoms with Crippen molar-refractivity contribution in [3.8, 4) is 11.3 Å². The average Bonchev–Trinajstić information content (AvgIpc) is 3.42. The number of carbonyl (C=O) groups excluding carboxylic acids is 2. The Balaban J connectivity index is 1.28. The van der Waals surface area contributed by atoms with E-state index in [1.807, 2.05) is 56.4 Å². The van der Waals surface area contributed by atoms with Gasteiger partial charge in [-0.1, -0.05) is 30.3 Å². The Labute approximate surface area is 192 Å². The van der Waals surface area contributed by atoms with Crippen LogP contribution in [0, 0.1) is 12.8 Å². The SMILES string of the molecule is Cc1cc(C(=O)N2CCC[C@@H](C(=O)Nc3cccc(-c4cc5ccccc5[nH]4)c3)C2)nn1C. The summed E-state index contributed by atoms with van der Waals surface area (Å²) in [4.78, 5) is 31.1. The lowest BCUT2D eigenvalue weighted by molar-refractivity contribution is -0.121. The number of rotatable bonds is 4. The smallest absolute Gasteiger partial charge is 0.274 e. The molecule has 0 spiro atoms. The number of nitrogens with one attached hydrogen (secondary N) is 2. The van der Waals surface area contributed by atoms with Crippen molar-refractivity contribution in [1.82, 2.24) is 19.7 Å². The number of para-hydroxylation sites is 1. The van der Waals surface area contributed by atoms with Gasteiger partial charge in [-0.15, -0.1) is 0 Å². The number of H-pyrrole nitrogens is 1. The number of nitrogens with zero attached hydrogens (tertiary/aromatic N) is 3. The highest BCUT2D eigenvalue weighted by Gasteiger charge is 2.30. The van der Waals surface area contributed by atoms with Gasteiger partial charge < -0.3 is 15.2 Å². The van der Waals surface area contributed by atoms with Crippen LogP contribution >= 0.6 is 0 Å². The lowest BCUT2D eigenvalue weighted by Crippen LogP contribution is -2.44. The Morgan fingerprint density at radius 1 is 1.09 bits per heavy atom. The third kappa shape index (κ3) is 4.26. The van der Waals surface area contributed by atoms with Crippen molar-refractivity contribution in [2.24, 2.45) is 13.0 Å². The first-order valence-electron chi connectivity index (χ1n) is 11.3. The molecule has 33 heavy (non-hydrogen) atoms. The average molecular weight is 442 g/mol. The molecule has 7 heteroatoms. The van der Waals surface area contributed by atoms with E-state index in [9.17, 15) is 9.59 Å². The van der Waals surface area contributed by atoms with Crippen molar-refractivity contribution in [2.45, 2.75) is 19.8 Å². The second-order valence-electron chi connectivity index (χ2n) is 8.73. The van der Waals surface area contributed by atoms with Crippen molar-refractivity contribution in [2.75, 3.05) is 18.4 Å². The fourth-order valence-electron chi connectivity index (χ4n) is 4.44. The molecule has 5 rings (SSSR count). The third-order valence-electron chi connectivity index (χ3n) is 6.38. The zero-order valence-electron chi connectivity index (χ0n) is 18.8. The summed E-state index contributed by atoms with van der Waals surface area (Å²) in [6.45, 7) is 2.97. The molecule has 1 aliphatic heterocycles. The highest BCUT2D eigenvalue weighted by molar-refractivity contribution is 5.96. The van der Waals surface area contributed by atoms with Gasteiger partial charge in [0.15, 0.2) is 5.69 Å². The van der Waals surface area contributed by atoms with E-state index < -0.39 is 0 Å². The summed E-state index contributed by atoms with van der Waals surface area (Å²) >= 11 is 0. The Hall–Kier alpha value is -3.87. The van der Waals surface area contributed by atoms with E-state index >= 15 is 0 Å². The molecule has 2 aromatic heterocycles. The predicted octanol–water partition coefficient (Wildman–Crippen LogP) is 4.37. The number of hydrogen-bond acceptors (Lipinski definition) is 3. The maximum atomic E-state index is 13.0. The summed E-state index contributed by atoms with van der Waals surface area (Å²) in [5, 5.41) is 8.51. The number of anilines is 1. The normalized spacial score (nSPS) is 16.2. The van der Waals surface area contributed by atoms with Crippen LogP contribution in [0.1, 0.15) is 29.0 Å². The zero-order chi connectivity index (χ0) is 22.9. The van der Waals surface area contributed by atoms with Gasteiger partial charge in [0, 0.05) is 53.7 Å². The van der Waals surface area contributed by atoms with Crippen molar-refractivity contribution in [1.29, 1.82) is 0 Å². The molecule has 0 radical (unpaired) electrons. The number of piperidine rings is 1. The van der Waals surface area contributed by atoms with Gasteiger partial charge >= 0.3 is 0 Å². The molecule has 7 nitrogen and oxygen atoms in total. The van der Waals surface area contributed by atoms with Crippen LogP contribution in [-0.2, 0) is 11.8 Å². The highest BCUT2D eigenvalue weighted by atomic mass is 16.2. The van der Waals surface area contributed by atoms with Crippen molar-refractivity contribution in [3.63, 3.8) is 0 Å². The summed E-state index contributed by atoms with van der Waals surface area (Å²) in [5.41, 5.74) is 5.21. The molecule has 1 atom stereocenters. The number of likely N-dealkylation sites (tertiary alicyclic amines) is 1. The number of hydrogen-bond donors (Lipinski definition) is 2. The minimum absolute atomic E-state index is 0.0569. The van der Waals surface area contributed by atoms with E-state index in [1.165, 1.54) is 0 Å². The van der Waals surface area contributed by atoms with E-state index in [1.54, 1.807) is 15.6 Å². The monoisotopic (exact) mass is 441 g/mol. The molecule has 0 unspecified atom stereocenters. The predicted molar refractivity (Wildman–Crippen MR) is 129 cm³/mol. The standard InChI is InChI=1S/C26H27N5O2/c1-17-13-24(29-30(17)2)26(33)31-12-6-9-20(16-31)25(32)27-21-10-5-8-18(14-21)23-15-19-7-3-4-11-22(19)28-23/h3-5,7-8,10-11,13-15,20,28H,6,9,12,16H2,1-2H3,(H,27,32)/t20-/m1/s1. The van der Waals surface area contributed by atoms with Gasteiger partial charge in [-0.3, -0.25) is 14.3 Å². The van der Waals surface area contributed by atoms with Crippen LogP contribution in [0.4, 0.5) is 5.69 Å². The minimum atomic E-state index is -0.246. The van der Waals surface area contributed by atoms with Crippen LogP contribution in [0.15, 0.2) is 60.7 Å². The van der Waals surface area contributed by atoms with Gasteiger partial charge in [0.05, 0.1) is 5.92 Å². The Morgan fingerprint density at radius 2 is 1.94 bits per heavy atom.